The summed E-state index contributed by atoms with van der Waals surface area (Å²) in [6.45, 7) is 3.55. The van der Waals surface area contributed by atoms with Gasteiger partial charge in [-0.1, -0.05) is 29.3 Å². The van der Waals surface area contributed by atoms with Crippen molar-refractivity contribution in [3.8, 4) is 0 Å². The lowest BCUT2D eigenvalue weighted by molar-refractivity contribution is -0.120. The van der Waals surface area contributed by atoms with E-state index in [4.69, 9.17) is 27.9 Å². The van der Waals surface area contributed by atoms with E-state index in [0.717, 1.165) is 18.7 Å². The minimum Gasteiger partial charge on any atom is -0.379 e. The minimum absolute atomic E-state index is 0.190. The number of carbonyl (C=O) groups excluding carboxylic acids is 1. The van der Waals surface area contributed by atoms with Gasteiger partial charge in [0.2, 0.25) is 0 Å². The Morgan fingerprint density at radius 2 is 1.94 bits per heavy atom. The Morgan fingerprint density at radius 3 is 2.61 bits per heavy atom. The number of ether oxygens (including phenoxy) is 1. The highest BCUT2D eigenvalue weighted by atomic mass is 35.5. The summed E-state index contributed by atoms with van der Waals surface area (Å²) < 4.78 is 5.24. The van der Waals surface area contributed by atoms with Crippen molar-refractivity contribution in [1.29, 1.82) is 0 Å². The lowest BCUT2D eigenvalue weighted by atomic mass is 10.1. The van der Waals surface area contributed by atoms with Gasteiger partial charge in [0.15, 0.2) is 5.78 Å². The number of nitrogens with zero attached hydrogens (tertiary/aromatic N) is 1. The number of hydrogen-bond donors (Lipinski definition) is 0. The second-order valence-electron chi connectivity index (χ2n) is 4.35. The largest absolute Gasteiger partial charge is 0.379 e. The fourth-order valence-corrected chi connectivity index (χ4v) is 2.26. The average Bonchev–Trinajstić information content (AvgIpc) is 2.35. The molecule has 0 saturated carbocycles. The molecular formula is C13H15Cl2NO2. The molecule has 0 spiro atoms. The maximum absolute atomic E-state index is 11.9. The number of ketones is 1. The monoisotopic (exact) mass is 287 g/mol. The molecule has 1 aliphatic heterocycles. The number of carbonyl (C=O) groups is 1. The van der Waals surface area contributed by atoms with Crippen LogP contribution in [0.25, 0.3) is 0 Å². The molecule has 1 heterocycles. The molecule has 0 N–H and O–H groups in total. The third-order valence-electron chi connectivity index (χ3n) is 2.89. The third kappa shape index (κ3) is 3.95. The molecule has 0 radical (unpaired) electrons. The van der Waals surface area contributed by atoms with Gasteiger partial charge in [0.05, 0.1) is 29.8 Å². The highest BCUT2D eigenvalue weighted by Crippen LogP contribution is 2.22. The zero-order chi connectivity index (χ0) is 13.0. The van der Waals surface area contributed by atoms with Crippen molar-refractivity contribution in [2.45, 2.75) is 6.42 Å². The van der Waals surface area contributed by atoms with E-state index >= 15 is 0 Å². The molecule has 0 amide bonds. The predicted molar refractivity (Wildman–Crippen MR) is 72.4 cm³/mol. The standard InChI is InChI=1S/C13H15Cl2NO2/c14-12-2-1-10(8-13(12)15)7-11(17)9-16-3-5-18-6-4-16/h1-2,8H,3-7,9H2. The van der Waals surface area contributed by atoms with Crippen LogP contribution >= 0.6 is 23.2 Å². The van der Waals surface area contributed by atoms with Crippen LogP contribution in [0.5, 0.6) is 0 Å². The van der Waals surface area contributed by atoms with E-state index in [1.165, 1.54) is 0 Å². The molecule has 1 aromatic carbocycles. The van der Waals surface area contributed by atoms with Crippen molar-refractivity contribution >= 4 is 29.0 Å². The minimum atomic E-state index is 0.190. The second-order valence-corrected chi connectivity index (χ2v) is 5.17. The predicted octanol–water partition coefficient (Wildman–Crippen LogP) is 2.44. The van der Waals surface area contributed by atoms with Gasteiger partial charge < -0.3 is 4.74 Å². The summed E-state index contributed by atoms with van der Waals surface area (Å²) >= 11 is 11.8. The van der Waals surface area contributed by atoms with Crippen molar-refractivity contribution in [2.75, 3.05) is 32.8 Å². The molecule has 1 aromatic rings. The Balaban J connectivity index is 1.88. The zero-order valence-electron chi connectivity index (χ0n) is 9.99. The van der Waals surface area contributed by atoms with Crippen molar-refractivity contribution in [2.24, 2.45) is 0 Å². The fraction of sp³-hybridized carbons (Fsp3) is 0.462. The molecule has 2 rings (SSSR count). The first-order chi connectivity index (χ1) is 8.65. The Labute approximate surface area is 117 Å². The molecule has 1 saturated heterocycles. The summed E-state index contributed by atoms with van der Waals surface area (Å²) in [5.41, 5.74) is 0.905. The highest BCUT2D eigenvalue weighted by Gasteiger charge is 2.14. The Morgan fingerprint density at radius 1 is 1.22 bits per heavy atom. The van der Waals surface area contributed by atoms with Gasteiger partial charge in [-0.25, -0.2) is 0 Å². The quantitative estimate of drug-likeness (QED) is 0.852. The summed E-state index contributed by atoms with van der Waals surface area (Å²) in [6, 6.07) is 5.31. The third-order valence-corrected chi connectivity index (χ3v) is 3.63. The first-order valence-electron chi connectivity index (χ1n) is 5.91. The normalized spacial score (nSPS) is 16.8. The van der Waals surface area contributed by atoms with E-state index in [1.54, 1.807) is 12.1 Å². The molecule has 0 bridgehead atoms. The van der Waals surface area contributed by atoms with Gasteiger partial charge in [0.1, 0.15) is 0 Å². The van der Waals surface area contributed by atoms with Crippen LogP contribution in [0.3, 0.4) is 0 Å². The van der Waals surface area contributed by atoms with Crippen LogP contribution in [0.2, 0.25) is 10.0 Å². The Bertz CT molecular complexity index is 431. The van der Waals surface area contributed by atoms with Crippen LogP contribution in [0.1, 0.15) is 5.56 Å². The average molecular weight is 288 g/mol. The zero-order valence-corrected chi connectivity index (χ0v) is 11.5. The number of benzene rings is 1. The van der Waals surface area contributed by atoms with E-state index in [-0.39, 0.29) is 5.78 Å². The first kappa shape index (κ1) is 13.8. The molecular weight excluding hydrogens is 273 g/mol. The number of halogens is 2. The van der Waals surface area contributed by atoms with Gasteiger partial charge >= 0.3 is 0 Å². The number of morpholine rings is 1. The summed E-state index contributed by atoms with van der Waals surface area (Å²) in [4.78, 5) is 14.0. The van der Waals surface area contributed by atoms with Crippen LogP contribution in [-0.2, 0) is 16.0 Å². The van der Waals surface area contributed by atoms with Crippen molar-refractivity contribution in [3.63, 3.8) is 0 Å². The van der Waals surface area contributed by atoms with Gasteiger partial charge in [-0.3, -0.25) is 9.69 Å². The van der Waals surface area contributed by atoms with E-state index in [0.29, 0.717) is 36.2 Å². The van der Waals surface area contributed by atoms with Gasteiger partial charge in [0.25, 0.3) is 0 Å². The SMILES string of the molecule is O=C(Cc1ccc(Cl)c(Cl)c1)CN1CCOCC1. The Hall–Kier alpha value is -0.610. The molecule has 18 heavy (non-hydrogen) atoms. The molecule has 0 unspecified atom stereocenters. The molecule has 1 aliphatic rings. The molecule has 0 atom stereocenters. The topological polar surface area (TPSA) is 29.5 Å². The van der Waals surface area contributed by atoms with Crippen molar-refractivity contribution in [1.82, 2.24) is 4.90 Å². The Kier molecular flexibility index (Phi) is 5.01. The van der Waals surface area contributed by atoms with Crippen LogP contribution in [0.4, 0.5) is 0 Å². The van der Waals surface area contributed by atoms with E-state index in [1.807, 2.05) is 6.07 Å². The molecule has 3 nitrogen and oxygen atoms in total. The molecule has 0 aromatic heterocycles. The summed E-state index contributed by atoms with van der Waals surface area (Å²) in [5, 5.41) is 1.01. The van der Waals surface area contributed by atoms with Crippen molar-refractivity contribution < 1.29 is 9.53 Å². The van der Waals surface area contributed by atoms with E-state index in [9.17, 15) is 4.79 Å². The lowest BCUT2D eigenvalue weighted by Gasteiger charge is -2.25. The summed E-state index contributed by atoms with van der Waals surface area (Å²) in [6.07, 6.45) is 0.397. The van der Waals surface area contributed by atoms with Gasteiger partial charge in [-0.05, 0) is 17.7 Å². The van der Waals surface area contributed by atoms with E-state index < -0.39 is 0 Å². The fourth-order valence-electron chi connectivity index (χ4n) is 1.94. The highest BCUT2D eigenvalue weighted by molar-refractivity contribution is 6.42. The summed E-state index contributed by atoms with van der Waals surface area (Å²) in [7, 11) is 0. The molecule has 98 valence electrons. The van der Waals surface area contributed by atoms with Crippen LogP contribution in [-0.4, -0.2) is 43.5 Å². The van der Waals surface area contributed by atoms with Gasteiger partial charge in [-0.2, -0.15) is 0 Å². The maximum Gasteiger partial charge on any atom is 0.151 e. The smallest absolute Gasteiger partial charge is 0.151 e. The van der Waals surface area contributed by atoms with Crippen LogP contribution in [0, 0.1) is 0 Å². The number of Topliss-reactive ketones (excluding diaryl/α,β-unsaturated/α-hetero) is 1. The first-order valence-corrected chi connectivity index (χ1v) is 6.66. The number of rotatable bonds is 4. The molecule has 5 heteroatoms. The van der Waals surface area contributed by atoms with E-state index in [2.05, 4.69) is 4.90 Å². The molecule has 0 aliphatic carbocycles. The lowest BCUT2D eigenvalue weighted by Crippen LogP contribution is -2.39. The molecule has 1 fully saturated rings. The maximum atomic E-state index is 11.9. The summed E-state index contributed by atoms with van der Waals surface area (Å²) in [5.74, 6) is 0.190. The van der Waals surface area contributed by atoms with Crippen LogP contribution < -0.4 is 0 Å². The van der Waals surface area contributed by atoms with Gasteiger partial charge in [-0.15, -0.1) is 0 Å². The second kappa shape index (κ2) is 6.53. The van der Waals surface area contributed by atoms with Gasteiger partial charge in [0, 0.05) is 19.5 Å². The number of hydrogen-bond acceptors (Lipinski definition) is 3. The van der Waals surface area contributed by atoms with Crippen molar-refractivity contribution in [3.05, 3.63) is 33.8 Å². The van der Waals surface area contributed by atoms with Crippen LogP contribution in [0.15, 0.2) is 18.2 Å².